The molecule has 26 heavy (non-hydrogen) atoms. The number of fused-ring (bicyclic) bond motifs is 6. The lowest BCUT2D eigenvalue weighted by atomic mass is 9.97. The van der Waals surface area contributed by atoms with Gasteiger partial charge in [0, 0.05) is 42.0 Å². The maximum Gasteiger partial charge on any atom is 0.116 e. The molecule has 4 nitrogen and oxygen atoms in total. The first kappa shape index (κ1) is 15.8. The molecule has 0 spiro atoms. The SMILES string of the molecule is CC(=Cn1c2c(c3cc(C)ccc31)C1CCC(C2)N1C)c1ccncn1. The van der Waals surface area contributed by atoms with Crippen LogP contribution in [0.1, 0.15) is 48.3 Å². The average Bonchev–Trinajstić information content (AvgIpc) is 3.06. The molecule has 2 aromatic heterocycles. The maximum atomic E-state index is 4.42. The average molecular weight is 344 g/mol. The molecular weight excluding hydrogens is 320 g/mol. The zero-order valence-corrected chi connectivity index (χ0v) is 15.6. The van der Waals surface area contributed by atoms with Gasteiger partial charge in [0.05, 0.1) is 11.2 Å². The van der Waals surface area contributed by atoms with Crippen molar-refractivity contribution in [2.45, 2.75) is 45.2 Å². The van der Waals surface area contributed by atoms with Gasteiger partial charge in [-0.1, -0.05) is 11.6 Å². The van der Waals surface area contributed by atoms with Gasteiger partial charge in [-0.25, -0.2) is 9.97 Å². The second kappa shape index (κ2) is 5.78. The zero-order valence-electron chi connectivity index (χ0n) is 15.6. The molecule has 0 N–H and O–H groups in total. The number of nitrogens with zero attached hydrogens (tertiary/aromatic N) is 4. The summed E-state index contributed by atoms with van der Waals surface area (Å²) < 4.78 is 2.43. The summed E-state index contributed by atoms with van der Waals surface area (Å²) in [4.78, 5) is 11.1. The third-order valence-corrected chi connectivity index (χ3v) is 6.22. The molecule has 2 unspecified atom stereocenters. The summed E-state index contributed by atoms with van der Waals surface area (Å²) in [6.45, 7) is 4.33. The molecule has 0 amide bonds. The van der Waals surface area contributed by atoms with Gasteiger partial charge in [-0.15, -0.1) is 0 Å². The van der Waals surface area contributed by atoms with Crippen molar-refractivity contribution < 1.29 is 0 Å². The van der Waals surface area contributed by atoms with E-state index in [1.54, 1.807) is 18.1 Å². The summed E-state index contributed by atoms with van der Waals surface area (Å²) >= 11 is 0. The summed E-state index contributed by atoms with van der Waals surface area (Å²) in [5, 5.41) is 1.42. The molecule has 3 aromatic rings. The van der Waals surface area contributed by atoms with Crippen LogP contribution in [0.3, 0.4) is 0 Å². The molecule has 1 aromatic carbocycles. The molecule has 0 radical (unpaired) electrons. The highest BCUT2D eigenvalue weighted by Gasteiger charge is 2.40. The summed E-state index contributed by atoms with van der Waals surface area (Å²) in [5.74, 6) is 0. The van der Waals surface area contributed by atoms with E-state index >= 15 is 0 Å². The normalized spacial score (nSPS) is 22.8. The number of aromatic nitrogens is 3. The monoisotopic (exact) mass is 344 g/mol. The third kappa shape index (κ3) is 2.25. The zero-order chi connectivity index (χ0) is 17.8. The fraction of sp³-hybridized carbons (Fsp3) is 0.364. The molecule has 0 saturated carbocycles. The Morgan fingerprint density at radius 3 is 2.92 bits per heavy atom. The molecule has 2 bridgehead atoms. The van der Waals surface area contributed by atoms with Crippen molar-refractivity contribution in [3.05, 3.63) is 59.3 Å². The Kier molecular flexibility index (Phi) is 3.50. The quantitative estimate of drug-likeness (QED) is 0.689. The summed E-state index contributed by atoms with van der Waals surface area (Å²) in [6, 6.07) is 10.1. The Labute approximate surface area is 154 Å². The van der Waals surface area contributed by atoms with Gasteiger partial charge in [0.2, 0.25) is 0 Å². The van der Waals surface area contributed by atoms with E-state index in [1.165, 1.54) is 40.6 Å². The van der Waals surface area contributed by atoms with Gasteiger partial charge in [-0.05, 0) is 63.1 Å². The smallest absolute Gasteiger partial charge is 0.116 e. The lowest BCUT2D eigenvalue weighted by Gasteiger charge is -2.32. The number of likely N-dealkylation sites (N-methyl/N-ethyl adjacent to an activating group) is 1. The molecular formula is C22H24N4. The van der Waals surface area contributed by atoms with Crippen molar-refractivity contribution in [2.24, 2.45) is 0 Å². The Hall–Kier alpha value is -2.46. The van der Waals surface area contributed by atoms with Crippen LogP contribution in [0.2, 0.25) is 0 Å². The van der Waals surface area contributed by atoms with Gasteiger partial charge in [0.25, 0.3) is 0 Å². The van der Waals surface area contributed by atoms with E-state index in [0.29, 0.717) is 12.1 Å². The number of rotatable bonds is 2. The first-order valence-corrected chi connectivity index (χ1v) is 9.43. The lowest BCUT2D eigenvalue weighted by molar-refractivity contribution is 0.223. The van der Waals surface area contributed by atoms with Crippen LogP contribution in [0.25, 0.3) is 22.7 Å². The predicted octanol–water partition coefficient (Wildman–Crippen LogP) is 4.45. The van der Waals surface area contributed by atoms with Crippen LogP contribution in [-0.4, -0.2) is 32.5 Å². The number of aryl methyl sites for hydroxylation is 1. The maximum absolute atomic E-state index is 4.42. The molecule has 2 aliphatic heterocycles. The molecule has 2 aliphatic rings. The van der Waals surface area contributed by atoms with E-state index in [0.717, 1.165) is 12.1 Å². The minimum atomic E-state index is 0.557. The van der Waals surface area contributed by atoms with Gasteiger partial charge in [-0.3, -0.25) is 4.90 Å². The van der Waals surface area contributed by atoms with Gasteiger partial charge in [-0.2, -0.15) is 0 Å². The Bertz CT molecular complexity index is 1020. The van der Waals surface area contributed by atoms with Gasteiger partial charge < -0.3 is 4.57 Å². The van der Waals surface area contributed by atoms with Crippen LogP contribution >= 0.6 is 0 Å². The highest BCUT2D eigenvalue weighted by Crippen LogP contribution is 2.47. The standard InChI is InChI=1S/C22H24N4/c1-14-4-6-19-17(10-14)22-20-7-5-16(25(20)3)11-21(22)26(19)12-15(2)18-8-9-23-13-24-18/h4,6,8-10,12-13,16,20H,5,7,11H2,1-3H3. The summed E-state index contributed by atoms with van der Waals surface area (Å²) in [6.07, 6.45) is 9.40. The van der Waals surface area contributed by atoms with Crippen LogP contribution in [0.5, 0.6) is 0 Å². The summed E-state index contributed by atoms with van der Waals surface area (Å²) in [5.41, 5.74) is 7.83. The first-order chi connectivity index (χ1) is 12.6. The van der Waals surface area contributed by atoms with Crippen molar-refractivity contribution in [1.29, 1.82) is 0 Å². The molecule has 2 atom stereocenters. The fourth-order valence-electron chi connectivity index (χ4n) is 4.85. The highest BCUT2D eigenvalue weighted by molar-refractivity contribution is 5.91. The molecule has 1 fully saturated rings. The van der Waals surface area contributed by atoms with Crippen LogP contribution < -0.4 is 0 Å². The van der Waals surface area contributed by atoms with E-state index in [4.69, 9.17) is 0 Å². The van der Waals surface area contributed by atoms with Gasteiger partial charge >= 0.3 is 0 Å². The van der Waals surface area contributed by atoms with Crippen LogP contribution in [0.4, 0.5) is 0 Å². The molecule has 132 valence electrons. The van der Waals surface area contributed by atoms with E-state index in [2.05, 4.69) is 64.7 Å². The topological polar surface area (TPSA) is 34.0 Å². The second-order valence-electron chi connectivity index (χ2n) is 7.77. The van der Waals surface area contributed by atoms with Crippen molar-refractivity contribution in [2.75, 3.05) is 7.05 Å². The number of benzene rings is 1. The predicted molar refractivity (Wildman–Crippen MR) is 106 cm³/mol. The number of allylic oxidation sites excluding steroid dienone is 1. The van der Waals surface area contributed by atoms with Crippen molar-refractivity contribution in [1.82, 2.24) is 19.4 Å². The highest BCUT2D eigenvalue weighted by atomic mass is 15.2. The third-order valence-electron chi connectivity index (χ3n) is 6.22. The molecule has 0 aliphatic carbocycles. The molecule has 4 heterocycles. The van der Waals surface area contributed by atoms with Crippen LogP contribution in [0, 0.1) is 6.92 Å². The second-order valence-corrected chi connectivity index (χ2v) is 7.77. The van der Waals surface area contributed by atoms with Gasteiger partial charge in [0.1, 0.15) is 6.33 Å². The van der Waals surface area contributed by atoms with E-state index in [1.807, 2.05) is 6.07 Å². The Morgan fingerprint density at radius 2 is 2.12 bits per heavy atom. The van der Waals surface area contributed by atoms with Crippen molar-refractivity contribution >= 4 is 22.7 Å². The minimum absolute atomic E-state index is 0.557. The lowest BCUT2D eigenvalue weighted by Crippen LogP contribution is -2.34. The van der Waals surface area contributed by atoms with Crippen LogP contribution in [0.15, 0.2) is 36.8 Å². The largest absolute Gasteiger partial charge is 0.320 e. The number of hydrogen-bond donors (Lipinski definition) is 0. The molecule has 4 heteroatoms. The first-order valence-electron chi connectivity index (χ1n) is 9.43. The Balaban J connectivity index is 1.75. The minimum Gasteiger partial charge on any atom is -0.320 e. The molecule has 1 saturated heterocycles. The van der Waals surface area contributed by atoms with Crippen molar-refractivity contribution in [3.63, 3.8) is 0 Å². The summed E-state index contributed by atoms with van der Waals surface area (Å²) in [7, 11) is 2.30. The van der Waals surface area contributed by atoms with E-state index in [9.17, 15) is 0 Å². The fourth-order valence-corrected chi connectivity index (χ4v) is 4.85. The number of hydrogen-bond acceptors (Lipinski definition) is 3. The van der Waals surface area contributed by atoms with Crippen molar-refractivity contribution in [3.8, 4) is 0 Å². The van der Waals surface area contributed by atoms with Crippen LogP contribution in [-0.2, 0) is 6.42 Å². The van der Waals surface area contributed by atoms with E-state index < -0.39 is 0 Å². The van der Waals surface area contributed by atoms with E-state index in [-0.39, 0.29) is 0 Å². The Morgan fingerprint density at radius 1 is 1.23 bits per heavy atom. The van der Waals surface area contributed by atoms with Gasteiger partial charge in [0.15, 0.2) is 0 Å². The molecule has 5 rings (SSSR count).